The third-order valence-corrected chi connectivity index (χ3v) is 4.92. The van der Waals surface area contributed by atoms with E-state index in [1.165, 1.54) is 0 Å². The molecule has 0 aromatic carbocycles. The Morgan fingerprint density at radius 3 is 1.97 bits per heavy atom. The number of pyridine rings is 2. The number of morpholine rings is 2. The molecule has 0 N–H and O–H groups in total. The normalized spacial score (nSPS) is 16.2. The molecule has 0 atom stereocenters. The lowest BCUT2D eigenvalue weighted by molar-refractivity contribution is 0.122. The molecule has 2 aromatic rings. The second kappa shape index (κ2) is 10.7. The quantitative estimate of drug-likeness (QED) is 0.678. The van der Waals surface area contributed by atoms with E-state index in [0.717, 1.165) is 42.3 Å². The van der Waals surface area contributed by atoms with Crippen LogP contribution in [0.25, 0.3) is 0 Å². The van der Waals surface area contributed by atoms with Crippen molar-refractivity contribution in [2.24, 2.45) is 0 Å². The highest BCUT2D eigenvalue weighted by Gasteiger charge is 2.16. The zero-order valence-electron chi connectivity index (χ0n) is 15.9. The van der Waals surface area contributed by atoms with Crippen molar-refractivity contribution in [3.05, 3.63) is 46.2 Å². The van der Waals surface area contributed by atoms with Gasteiger partial charge in [0.2, 0.25) is 0 Å². The largest absolute Gasteiger partial charge is 0.378 e. The van der Waals surface area contributed by atoms with Crippen molar-refractivity contribution >= 4 is 27.6 Å². The molecular formula is C20H21BrN6O2. The van der Waals surface area contributed by atoms with E-state index in [0.29, 0.717) is 37.6 Å². The van der Waals surface area contributed by atoms with Crippen molar-refractivity contribution in [1.82, 2.24) is 9.97 Å². The molecule has 2 saturated heterocycles. The van der Waals surface area contributed by atoms with Crippen LogP contribution < -0.4 is 9.80 Å². The van der Waals surface area contributed by atoms with Crippen molar-refractivity contribution in [1.29, 1.82) is 10.5 Å². The second-order valence-electron chi connectivity index (χ2n) is 6.32. The van der Waals surface area contributed by atoms with Crippen LogP contribution in [-0.2, 0) is 9.47 Å². The first-order valence-electron chi connectivity index (χ1n) is 9.29. The zero-order valence-corrected chi connectivity index (χ0v) is 17.5. The minimum atomic E-state index is 0.603. The van der Waals surface area contributed by atoms with Crippen LogP contribution in [0.5, 0.6) is 0 Å². The van der Waals surface area contributed by atoms with Crippen LogP contribution in [0.3, 0.4) is 0 Å². The van der Waals surface area contributed by atoms with Crippen LogP contribution >= 0.6 is 15.9 Å². The molecule has 4 rings (SSSR count). The molecule has 0 saturated carbocycles. The number of hydrogen-bond donors (Lipinski definition) is 0. The molecule has 0 unspecified atom stereocenters. The van der Waals surface area contributed by atoms with E-state index in [-0.39, 0.29) is 0 Å². The van der Waals surface area contributed by atoms with E-state index in [9.17, 15) is 0 Å². The summed E-state index contributed by atoms with van der Waals surface area (Å²) in [5, 5.41) is 17.9. The Balaban J connectivity index is 0.000000166. The van der Waals surface area contributed by atoms with Crippen molar-refractivity contribution in [2.45, 2.75) is 0 Å². The average molecular weight is 457 g/mol. The Kier molecular flexibility index (Phi) is 7.77. The number of nitrogens with zero attached hydrogens (tertiary/aromatic N) is 6. The topological polar surface area (TPSA) is 98.3 Å². The molecular weight excluding hydrogens is 436 g/mol. The van der Waals surface area contributed by atoms with Crippen LogP contribution in [0.4, 0.5) is 11.6 Å². The molecule has 2 aromatic heterocycles. The van der Waals surface area contributed by atoms with Gasteiger partial charge in [-0.25, -0.2) is 9.97 Å². The molecule has 4 heterocycles. The fourth-order valence-electron chi connectivity index (χ4n) is 3.05. The number of hydrogen-bond acceptors (Lipinski definition) is 8. The molecule has 2 fully saturated rings. The number of aromatic nitrogens is 2. The highest BCUT2D eigenvalue weighted by molar-refractivity contribution is 9.10. The summed E-state index contributed by atoms with van der Waals surface area (Å²) >= 11 is 3.30. The van der Waals surface area contributed by atoms with Gasteiger partial charge in [0.1, 0.15) is 23.8 Å². The van der Waals surface area contributed by atoms with Crippen molar-refractivity contribution in [3.8, 4) is 12.1 Å². The molecule has 2 aliphatic heterocycles. The smallest absolute Gasteiger partial charge is 0.146 e. The summed E-state index contributed by atoms with van der Waals surface area (Å²) in [6, 6.07) is 9.67. The van der Waals surface area contributed by atoms with E-state index in [1.807, 2.05) is 0 Å². The summed E-state index contributed by atoms with van der Waals surface area (Å²) in [6.45, 7) is 6.03. The predicted molar refractivity (Wildman–Crippen MR) is 112 cm³/mol. The lowest BCUT2D eigenvalue weighted by Gasteiger charge is -2.28. The van der Waals surface area contributed by atoms with Gasteiger partial charge in [0.15, 0.2) is 0 Å². The highest BCUT2D eigenvalue weighted by Crippen LogP contribution is 2.21. The van der Waals surface area contributed by atoms with Crippen LogP contribution in [0.15, 0.2) is 35.1 Å². The fourth-order valence-corrected chi connectivity index (χ4v) is 3.38. The maximum Gasteiger partial charge on any atom is 0.146 e. The Bertz CT molecular complexity index is 899. The molecule has 8 nitrogen and oxygen atoms in total. The van der Waals surface area contributed by atoms with Crippen LogP contribution in [0, 0.1) is 22.7 Å². The second-order valence-corrected chi connectivity index (χ2v) is 7.24. The fraction of sp³-hybridized carbons (Fsp3) is 0.400. The first kappa shape index (κ1) is 21.0. The zero-order chi connectivity index (χ0) is 20.5. The van der Waals surface area contributed by atoms with Crippen LogP contribution in [0.2, 0.25) is 0 Å². The van der Waals surface area contributed by atoms with Crippen molar-refractivity contribution < 1.29 is 9.47 Å². The maximum absolute atomic E-state index is 9.00. The molecule has 0 amide bonds. The predicted octanol–water partition coefficient (Wildman–Crippen LogP) is 2.34. The molecule has 0 spiro atoms. The molecule has 150 valence electrons. The highest BCUT2D eigenvalue weighted by atomic mass is 79.9. The Morgan fingerprint density at radius 2 is 1.41 bits per heavy atom. The molecule has 29 heavy (non-hydrogen) atoms. The number of halogens is 1. The van der Waals surface area contributed by atoms with Crippen molar-refractivity contribution in [3.63, 3.8) is 0 Å². The number of ether oxygens (including phenoxy) is 2. The van der Waals surface area contributed by atoms with Gasteiger partial charge in [-0.2, -0.15) is 10.5 Å². The molecule has 9 heteroatoms. The standard InChI is InChI=1S/C10H10BrN3O.C10H11N3O/c11-9-5-8(6-12)10(13-7-9)14-1-3-15-4-2-14;11-8-9-2-1-3-12-10(9)13-4-6-14-7-5-13/h5,7H,1-4H2;1-3H,4-7H2. The number of rotatable bonds is 2. The Hall–Kier alpha value is -2.72. The lowest BCUT2D eigenvalue weighted by Crippen LogP contribution is -2.37. The van der Waals surface area contributed by atoms with E-state index >= 15 is 0 Å². The van der Waals surface area contributed by atoms with Crippen LogP contribution in [-0.4, -0.2) is 62.6 Å². The minimum Gasteiger partial charge on any atom is -0.378 e. The third-order valence-electron chi connectivity index (χ3n) is 4.48. The summed E-state index contributed by atoms with van der Waals surface area (Å²) in [4.78, 5) is 12.7. The summed E-state index contributed by atoms with van der Waals surface area (Å²) in [7, 11) is 0. The van der Waals surface area contributed by atoms with Gasteiger partial charge in [-0.15, -0.1) is 0 Å². The van der Waals surface area contributed by atoms with Gasteiger partial charge in [0.05, 0.1) is 37.6 Å². The first-order chi connectivity index (χ1) is 14.2. The summed E-state index contributed by atoms with van der Waals surface area (Å²) < 4.78 is 11.3. The summed E-state index contributed by atoms with van der Waals surface area (Å²) in [5.41, 5.74) is 1.24. The molecule has 0 bridgehead atoms. The Morgan fingerprint density at radius 1 is 0.862 bits per heavy atom. The van der Waals surface area contributed by atoms with Gasteiger partial charge in [0.25, 0.3) is 0 Å². The molecule has 0 radical (unpaired) electrons. The monoisotopic (exact) mass is 456 g/mol. The van der Waals surface area contributed by atoms with Crippen molar-refractivity contribution in [2.75, 3.05) is 62.4 Å². The van der Waals surface area contributed by atoms with E-state index in [2.05, 4.69) is 47.8 Å². The van der Waals surface area contributed by atoms with Gasteiger partial charge in [0, 0.05) is 43.0 Å². The van der Waals surface area contributed by atoms with E-state index < -0.39 is 0 Å². The average Bonchev–Trinajstić information content (AvgIpc) is 2.80. The lowest BCUT2D eigenvalue weighted by atomic mass is 10.2. The van der Waals surface area contributed by atoms with Gasteiger partial charge in [-0.1, -0.05) is 0 Å². The minimum absolute atomic E-state index is 0.603. The third kappa shape index (κ3) is 5.64. The van der Waals surface area contributed by atoms with Gasteiger partial charge >= 0.3 is 0 Å². The SMILES string of the molecule is N#Cc1cc(Br)cnc1N1CCOCC1.N#Cc1cccnc1N1CCOCC1. The van der Waals surface area contributed by atoms with Gasteiger partial charge in [-0.05, 0) is 34.1 Å². The van der Waals surface area contributed by atoms with E-state index in [4.69, 9.17) is 20.0 Å². The van der Waals surface area contributed by atoms with E-state index in [1.54, 1.807) is 30.6 Å². The first-order valence-corrected chi connectivity index (χ1v) is 10.1. The van der Waals surface area contributed by atoms with Crippen LogP contribution in [0.1, 0.15) is 11.1 Å². The van der Waals surface area contributed by atoms with Gasteiger partial charge in [-0.3, -0.25) is 0 Å². The summed E-state index contributed by atoms with van der Waals surface area (Å²) in [6.07, 6.45) is 3.43. The maximum atomic E-state index is 9.00. The number of anilines is 2. The molecule has 2 aliphatic rings. The number of nitriles is 2. The van der Waals surface area contributed by atoms with Gasteiger partial charge < -0.3 is 19.3 Å². The summed E-state index contributed by atoms with van der Waals surface area (Å²) in [5.74, 6) is 1.53. The Labute approximate surface area is 178 Å². The molecule has 0 aliphatic carbocycles.